The number of primary amides is 1. The Bertz CT molecular complexity index is 1230. The summed E-state index contributed by atoms with van der Waals surface area (Å²) in [6, 6.07) is 4.67. The van der Waals surface area contributed by atoms with Crippen molar-refractivity contribution in [3.63, 3.8) is 0 Å². The molecule has 8 nitrogen and oxygen atoms in total. The number of aromatic nitrogens is 5. The molecule has 1 atom stereocenters. The molecule has 4 aromatic rings. The van der Waals surface area contributed by atoms with E-state index >= 15 is 0 Å². The minimum atomic E-state index is -0.303. The molecular weight excluding hydrogens is 361 g/mol. The standard InChI is InChI=1S/C19H18FN7O/c1-10-15(7-22-19(24-10)26-5-4-11(9-26)18(21)28)27-14-3-2-12(20)6-13(14)17-16(27)8-23-25-17/h2-3,6-8,11H,4-5,9H2,1H3,(H2,21,28)(H,23,25)/t11-/m1/s1. The molecule has 28 heavy (non-hydrogen) atoms. The zero-order chi connectivity index (χ0) is 19.4. The van der Waals surface area contributed by atoms with E-state index in [-0.39, 0.29) is 17.6 Å². The van der Waals surface area contributed by atoms with Crippen LogP contribution in [0.25, 0.3) is 27.6 Å². The number of rotatable bonds is 3. The van der Waals surface area contributed by atoms with Gasteiger partial charge in [-0.15, -0.1) is 0 Å². The third-order valence-corrected chi connectivity index (χ3v) is 5.38. The van der Waals surface area contributed by atoms with Gasteiger partial charge in [-0.3, -0.25) is 9.89 Å². The van der Waals surface area contributed by atoms with Gasteiger partial charge in [0.05, 0.1) is 46.2 Å². The van der Waals surface area contributed by atoms with Crippen molar-refractivity contribution < 1.29 is 9.18 Å². The highest BCUT2D eigenvalue weighted by Gasteiger charge is 2.28. The van der Waals surface area contributed by atoms with E-state index in [1.165, 1.54) is 12.1 Å². The van der Waals surface area contributed by atoms with Crippen LogP contribution in [0.5, 0.6) is 0 Å². The molecule has 3 aromatic heterocycles. The molecule has 142 valence electrons. The first-order valence-corrected chi connectivity index (χ1v) is 9.04. The van der Waals surface area contributed by atoms with Crippen molar-refractivity contribution in [2.75, 3.05) is 18.0 Å². The highest BCUT2D eigenvalue weighted by atomic mass is 19.1. The van der Waals surface area contributed by atoms with E-state index in [1.807, 2.05) is 16.4 Å². The fourth-order valence-corrected chi connectivity index (χ4v) is 3.93. The Balaban J connectivity index is 1.61. The first kappa shape index (κ1) is 16.7. The quantitative estimate of drug-likeness (QED) is 0.567. The molecule has 0 aliphatic carbocycles. The van der Waals surface area contributed by atoms with Gasteiger partial charge in [0.25, 0.3) is 0 Å². The molecular formula is C19H18FN7O. The molecule has 3 N–H and O–H groups in total. The number of fused-ring (bicyclic) bond motifs is 3. The fraction of sp³-hybridized carbons (Fsp3) is 0.263. The van der Waals surface area contributed by atoms with Gasteiger partial charge in [0.2, 0.25) is 11.9 Å². The number of hydrogen-bond donors (Lipinski definition) is 2. The second kappa shape index (κ2) is 6.01. The molecule has 4 heterocycles. The van der Waals surface area contributed by atoms with Gasteiger partial charge >= 0.3 is 0 Å². The zero-order valence-corrected chi connectivity index (χ0v) is 15.2. The van der Waals surface area contributed by atoms with E-state index in [4.69, 9.17) is 5.73 Å². The number of amides is 1. The Morgan fingerprint density at radius 3 is 2.93 bits per heavy atom. The van der Waals surface area contributed by atoms with Gasteiger partial charge in [-0.2, -0.15) is 5.10 Å². The van der Waals surface area contributed by atoms with Gasteiger partial charge in [0.15, 0.2) is 0 Å². The van der Waals surface area contributed by atoms with Crippen LogP contribution in [0.4, 0.5) is 10.3 Å². The van der Waals surface area contributed by atoms with Crippen molar-refractivity contribution in [2.45, 2.75) is 13.3 Å². The molecule has 0 spiro atoms. The van der Waals surface area contributed by atoms with Gasteiger partial charge in [-0.25, -0.2) is 14.4 Å². The highest BCUT2D eigenvalue weighted by Crippen LogP contribution is 2.32. The van der Waals surface area contributed by atoms with Crippen LogP contribution in [-0.2, 0) is 4.79 Å². The van der Waals surface area contributed by atoms with E-state index < -0.39 is 0 Å². The van der Waals surface area contributed by atoms with Crippen LogP contribution in [0.1, 0.15) is 12.1 Å². The fourth-order valence-electron chi connectivity index (χ4n) is 3.93. The Morgan fingerprint density at radius 1 is 1.32 bits per heavy atom. The molecule has 0 radical (unpaired) electrons. The average Bonchev–Trinajstić information content (AvgIpc) is 3.38. The second-order valence-electron chi connectivity index (χ2n) is 7.10. The largest absolute Gasteiger partial charge is 0.369 e. The Hall–Kier alpha value is -3.49. The van der Waals surface area contributed by atoms with E-state index in [9.17, 15) is 9.18 Å². The van der Waals surface area contributed by atoms with Gasteiger partial charge in [-0.1, -0.05) is 0 Å². The van der Waals surface area contributed by atoms with Gasteiger partial charge in [0, 0.05) is 18.5 Å². The molecule has 1 aromatic carbocycles. The van der Waals surface area contributed by atoms with Crippen LogP contribution in [0, 0.1) is 18.7 Å². The van der Waals surface area contributed by atoms with Crippen LogP contribution in [0.3, 0.4) is 0 Å². The minimum Gasteiger partial charge on any atom is -0.369 e. The molecule has 5 rings (SSSR count). The number of nitrogens with two attached hydrogens (primary N) is 1. The van der Waals surface area contributed by atoms with Crippen LogP contribution in [0.2, 0.25) is 0 Å². The number of anilines is 1. The lowest BCUT2D eigenvalue weighted by Crippen LogP contribution is -2.28. The van der Waals surface area contributed by atoms with E-state index in [0.29, 0.717) is 25.5 Å². The first-order chi connectivity index (χ1) is 13.5. The zero-order valence-electron chi connectivity index (χ0n) is 15.2. The smallest absolute Gasteiger partial charge is 0.225 e. The molecule has 1 saturated heterocycles. The number of nitrogens with one attached hydrogen (secondary N) is 1. The maximum atomic E-state index is 13.8. The van der Waals surface area contributed by atoms with Crippen LogP contribution >= 0.6 is 0 Å². The summed E-state index contributed by atoms with van der Waals surface area (Å²) in [6.07, 6.45) is 4.17. The summed E-state index contributed by atoms with van der Waals surface area (Å²) in [7, 11) is 0. The molecule has 1 fully saturated rings. The van der Waals surface area contributed by atoms with Crippen molar-refractivity contribution in [1.82, 2.24) is 24.7 Å². The third-order valence-electron chi connectivity index (χ3n) is 5.38. The number of aromatic amines is 1. The lowest BCUT2D eigenvalue weighted by molar-refractivity contribution is -0.121. The summed E-state index contributed by atoms with van der Waals surface area (Å²) < 4.78 is 15.7. The molecule has 1 aliphatic rings. The topological polar surface area (TPSA) is 106 Å². The number of hydrogen-bond acceptors (Lipinski definition) is 5. The summed E-state index contributed by atoms with van der Waals surface area (Å²) >= 11 is 0. The molecule has 9 heteroatoms. The number of carbonyl (C=O) groups excluding carboxylic acids is 1. The summed E-state index contributed by atoms with van der Waals surface area (Å²) in [5.41, 5.74) is 9.43. The van der Waals surface area contributed by atoms with E-state index in [2.05, 4.69) is 20.2 Å². The number of H-pyrrole nitrogens is 1. The van der Waals surface area contributed by atoms with E-state index in [1.54, 1.807) is 18.5 Å². The van der Waals surface area contributed by atoms with Crippen molar-refractivity contribution in [1.29, 1.82) is 0 Å². The Morgan fingerprint density at radius 2 is 2.18 bits per heavy atom. The number of halogens is 1. The lowest BCUT2D eigenvalue weighted by atomic mass is 10.1. The average molecular weight is 379 g/mol. The predicted molar refractivity (Wildman–Crippen MR) is 103 cm³/mol. The van der Waals surface area contributed by atoms with Crippen LogP contribution in [-0.4, -0.2) is 43.7 Å². The summed E-state index contributed by atoms with van der Waals surface area (Å²) in [5.74, 6) is -0.180. The normalized spacial score (nSPS) is 17.1. The Kier molecular flexibility index (Phi) is 3.58. The Labute approximate surface area is 159 Å². The molecule has 1 aliphatic heterocycles. The predicted octanol–water partition coefficient (Wildman–Crippen LogP) is 2.06. The molecule has 0 bridgehead atoms. The molecule has 0 saturated carbocycles. The van der Waals surface area contributed by atoms with Crippen molar-refractivity contribution in [3.05, 3.63) is 42.1 Å². The van der Waals surface area contributed by atoms with E-state index in [0.717, 1.165) is 33.3 Å². The maximum Gasteiger partial charge on any atom is 0.225 e. The lowest BCUT2D eigenvalue weighted by Gasteiger charge is -2.17. The number of aryl methyl sites for hydroxylation is 1. The maximum absolute atomic E-state index is 13.8. The van der Waals surface area contributed by atoms with Crippen LogP contribution < -0.4 is 10.6 Å². The van der Waals surface area contributed by atoms with Crippen molar-refractivity contribution >= 4 is 33.8 Å². The van der Waals surface area contributed by atoms with Crippen molar-refractivity contribution in [2.24, 2.45) is 11.7 Å². The minimum absolute atomic E-state index is 0.169. The first-order valence-electron chi connectivity index (χ1n) is 9.04. The molecule has 1 amide bonds. The number of nitrogens with zero attached hydrogens (tertiary/aromatic N) is 5. The summed E-state index contributed by atoms with van der Waals surface area (Å²) in [4.78, 5) is 22.6. The van der Waals surface area contributed by atoms with Crippen LogP contribution in [0.15, 0.2) is 30.6 Å². The number of benzene rings is 1. The van der Waals surface area contributed by atoms with Crippen molar-refractivity contribution in [3.8, 4) is 5.69 Å². The second-order valence-corrected chi connectivity index (χ2v) is 7.10. The summed E-state index contributed by atoms with van der Waals surface area (Å²) in [5, 5.41) is 7.79. The van der Waals surface area contributed by atoms with Gasteiger partial charge in [-0.05, 0) is 31.5 Å². The third kappa shape index (κ3) is 2.43. The molecule has 0 unspecified atom stereocenters. The highest BCUT2D eigenvalue weighted by molar-refractivity contribution is 6.06. The van der Waals surface area contributed by atoms with Gasteiger partial charge in [0.1, 0.15) is 5.82 Å². The number of carbonyl (C=O) groups is 1. The SMILES string of the molecule is Cc1nc(N2CC[C@@H](C(N)=O)C2)ncc1-n1c2ccc(F)cc2c2[nH]ncc21. The monoisotopic (exact) mass is 379 g/mol. The van der Waals surface area contributed by atoms with Gasteiger partial charge < -0.3 is 15.2 Å². The summed E-state index contributed by atoms with van der Waals surface area (Å²) in [6.45, 7) is 3.14.